The third-order valence-electron chi connectivity index (χ3n) is 1.53. The summed E-state index contributed by atoms with van der Waals surface area (Å²) in [6, 6.07) is 4.54. The van der Waals surface area contributed by atoms with E-state index in [9.17, 15) is 9.90 Å². The Morgan fingerprint density at radius 3 is 2.85 bits per heavy atom. The van der Waals surface area contributed by atoms with Crippen LogP contribution in [0, 0.1) is 11.8 Å². The Bertz CT molecular complexity index is 371. The molecule has 0 aromatic heterocycles. The third kappa shape index (κ3) is 2.32. The van der Waals surface area contributed by atoms with Crippen molar-refractivity contribution in [2.24, 2.45) is 0 Å². The van der Waals surface area contributed by atoms with Crippen molar-refractivity contribution in [3.63, 3.8) is 0 Å². The van der Waals surface area contributed by atoms with E-state index in [0.717, 1.165) is 0 Å². The first-order valence-electron chi connectivity index (χ1n) is 3.66. The highest BCUT2D eigenvalue weighted by Crippen LogP contribution is 2.17. The maximum atomic E-state index is 9.93. The van der Waals surface area contributed by atoms with Crippen LogP contribution in [-0.4, -0.2) is 16.5 Å². The van der Waals surface area contributed by atoms with E-state index in [-0.39, 0.29) is 12.4 Å². The number of carbonyl (C=O) groups excluding carboxylic acids is 1. The Balaban J connectivity index is 3.06. The molecule has 1 aromatic rings. The molecule has 3 nitrogen and oxygen atoms in total. The summed E-state index contributed by atoms with van der Waals surface area (Å²) in [5.74, 6) is 4.82. The summed E-state index contributed by atoms with van der Waals surface area (Å²) in [5.41, 5.74) is 0.992. The Hall–Kier alpha value is -1.79. The van der Waals surface area contributed by atoms with Crippen molar-refractivity contribution in [3.8, 4) is 17.6 Å². The van der Waals surface area contributed by atoms with E-state index in [0.29, 0.717) is 17.4 Å². The van der Waals surface area contributed by atoms with Crippen molar-refractivity contribution in [2.75, 3.05) is 0 Å². The minimum absolute atomic E-state index is 0.0270. The van der Waals surface area contributed by atoms with Crippen LogP contribution < -0.4 is 0 Å². The van der Waals surface area contributed by atoms with Gasteiger partial charge in [-0.3, -0.25) is 4.79 Å². The van der Waals surface area contributed by atoms with Gasteiger partial charge in [-0.25, -0.2) is 0 Å². The summed E-state index contributed by atoms with van der Waals surface area (Å²) in [6.07, 6.45) is 0.492. The molecule has 0 aliphatic heterocycles. The van der Waals surface area contributed by atoms with Crippen LogP contribution >= 0.6 is 0 Å². The summed E-state index contributed by atoms with van der Waals surface area (Å²) < 4.78 is 0. The number of hydrogen-bond donors (Lipinski definition) is 2. The molecule has 0 atom stereocenters. The van der Waals surface area contributed by atoms with Gasteiger partial charge in [0.15, 0.2) is 6.29 Å². The number of carbonyl (C=O) groups is 1. The Morgan fingerprint density at radius 1 is 1.46 bits per heavy atom. The number of hydrogen-bond acceptors (Lipinski definition) is 3. The quantitative estimate of drug-likeness (QED) is 0.482. The highest BCUT2D eigenvalue weighted by molar-refractivity contribution is 5.74. The standard InChI is InChI=1S/C10H8O3/c11-5-1-2-8-3-4-10(13)9(6-8)7-12/h3-6,12-13H,7H2. The van der Waals surface area contributed by atoms with Crippen molar-refractivity contribution in [3.05, 3.63) is 29.3 Å². The van der Waals surface area contributed by atoms with Gasteiger partial charge in [-0.15, -0.1) is 0 Å². The number of aliphatic hydroxyl groups excluding tert-OH is 1. The number of aldehydes is 1. The van der Waals surface area contributed by atoms with Crippen LogP contribution in [0.5, 0.6) is 5.75 Å². The smallest absolute Gasteiger partial charge is 0.193 e. The van der Waals surface area contributed by atoms with Crippen molar-refractivity contribution >= 4 is 6.29 Å². The van der Waals surface area contributed by atoms with Gasteiger partial charge >= 0.3 is 0 Å². The summed E-state index contributed by atoms with van der Waals surface area (Å²) in [6.45, 7) is -0.248. The van der Waals surface area contributed by atoms with Crippen LogP contribution in [0.1, 0.15) is 11.1 Å². The van der Waals surface area contributed by atoms with E-state index in [1.165, 1.54) is 12.1 Å². The largest absolute Gasteiger partial charge is 0.508 e. The Morgan fingerprint density at radius 2 is 2.23 bits per heavy atom. The molecule has 1 aromatic carbocycles. The van der Waals surface area contributed by atoms with E-state index < -0.39 is 0 Å². The Kier molecular flexibility index (Phi) is 3.07. The molecule has 0 unspecified atom stereocenters. The van der Waals surface area contributed by atoms with Gasteiger partial charge in [0.05, 0.1) is 6.61 Å². The first-order valence-corrected chi connectivity index (χ1v) is 3.66. The molecule has 0 spiro atoms. The van der Waals surface area contributed by atoms with Crippen LogP contribution in [0.4, 0.5) is 0 Å². The minimum Gasteiger partial charge on any atom is -0.508 e. The molecule has 0 fully saturated rings. The molecular weight excluding hydrogens is 168 g/mol. The van der Waals surface area contributed by atoms with Crippen LogP contribution in [0.2, 0.25) is 0 Å². The molecule has 0 aliphatic carbocycles. The zero-order chi connectivity index (χ0) is 9.68. The fourth-order valence-electron chi connectivity index (χ4n) is 0.903. The lowest BCUT2D eigenvalue weighted by atomic mass is 10.1. The second-order valence-electron chi connectivity index (χ2n) is 2.39. The van der Waals surface area contributed by atoms with Gasteiger partial charge in [-0.1, -0.05) is 5.92 Å². The van der Waals surface area contributed by atoms with Crippen molar-refractivity contribution in [1.29, 1.82) is 0 Å². The number of rotatable bonds is 1. The first kappa shape index (κ1) is 9.30. The SMILES string of the molecule is O=CC#Cc1ccc(O)c(CO)c1. The highest BCUT2D eigenvalue weighted by atomic mass is 16.3. The van der Waals surface area contributed by atoms with E-state index in [1.54, 1.807) is 6.07 Å². The number of aliphatic hydroxyl groups is 1. The van der Waals surface area contributed by atoms with E-state index in [4.69, 9.17) is 5.11 Å². The molecule has 3 heteroatoms. The molecule has 0 bridgehead atoms. The summed E-state index contributed by atoms with van der Waals surface area (Å²) in [5, 5.41) is 18.0. The first-order chi connectivity index (χ1) is 6.27. The average molecular weight is 176 g/mol. The van der Waals surface area contributed by atoms with E-state index >= 15 is 0 Å². The van der Waals surface area contributed by atoms with Crippen LogP contribution in [-0.2, 0) is 11.4 Å². The minimum atomic E-state index is -0.248. The fraction of sp³-hybridized carbons (Fsp3) is 0.100. The van der Waals surface area contributed by atoms with Crippen LogP contribution in [0.15, 0.2) is 18.2 Å². The predicted molar refractivity (Wildman–Crippen MR) is 47.0 cm³/mol. The van der Waals surface area contributed by atoms with Gasteiger partial charge in [0, 0.05) is 11.1 Å². The maximum Gasteiger partial charge on any atom is 0.193 e. The third-order valence-corrected chi connectivity index (χ3v) is 1.53. The lowest BCUT2D eigenvalue weighted by Gasteiger charge is -2.00. The van der Waals surface area contributed by atoms with Gasteiger partial charge in [-0.05, 0) is 24.1 Å². The highest BCUT2D eigenvalue weighted by Gasteiger charge is 1.98. The van der Waals surface area contributed by atoms with Crippen molar-refractivity contribution in [2.45, 2.75) is 6.61 Å². The van der Waals surface area contributed by atoms with Gasteiger partial charge in [0.2, 0.25) is 0 Å². The van der Waals surface area contributed by atoms with Crippen molar-refractivity contribution < 1.29 is 15.0 Å². The second kappa shape index (κ2) is 4.29. The molecule has 0 saturated heterocycles. The van der Waals surface area contributed by atoms with Gasteiger partial charge < -0.3 is 10.2 Å². The summed E-state index contributed by atoms with van der Waals surface area (Å²) >= 11 is 0. The van der Waals surface area contributed by atoms with Crippen LogP contribution in [0.3, 0.4) is 0 Å². The lowest BCUT2D eigenvalue weighted by molar-refractivity contribution is -0.103. The molecule has 0 heterocycles. The zero-order valence-electron chi connectivity index (χ0n) is 6.82. The second-order valence-corrected chi connectivity index (χ2v) is 2.39. The molecule has 1 rings (SSSR count). The zero-order valence-corrected chi connectivity index (χ0v) is 6.82. The topological polar surface area (TPSA) is 57.5 Å². The van der Waals surface area contributed by atoms with Gasteiger partial charge in [0.25, 0.3) is 0 Å². The molecule has 0 saturated carbocycles. The lowest BCUT2D eigenvalue weighted by Crippen LogP contribution is -1.85. The predicted octanol–water partition coefficient (Wildman–Crippen LogP) is 0.435. The average Bonchev–Trinajstić information content (AvgIpc) is 2.16. The van der Waals surface area contributed by atoms with Crippen LogP contribution in [0.25, 0.3) is 0 Å². The number of aromatic hydroxyl groups is 1. The fourth-order valence-corrected chi connectivity index (χ4v) is 0.903. The Labute approximate surface area is 75.6 Å². The van der Waals surface area contributed by atoms with Gasteiger partial charge in [-0.2, -0.15) is 0 Å². The molecule has 0 radical (unpaired) electrons. The van der Waals surface area contributed by atoms with E-state index in [2.05, 4.69) is 11.8 Å². The molecule has 66 valence electrons. The number of phenols is 1. The molecule has 2 N–H and O–H groups in total. The monoisotopic (exact) mass is 176 g/mol. The van der Waals surface area contributed by atoms with Gasteiger partial charge in [0.1, 0.15) is 5.75 Å². The van der Waals surface area contributed by atoms with E-state index in [1.807, 2.05) is 0 Å². The molecule has 0 amide bonds. The molecule has 0 aliphatic rings. The summed E-state index contributed by atoms with van der Waals surface area (Å²) in [4.78, 5) is 9.93. The molecular formula is C10H8O3. The maximum absolute atomic E-state index is 9.93. The van der Waals surface area contributed by atoms with Crippen molar-refractivity contribution in [1.82, 2.24) is 0 Å². The summed E-state index contributed by atoms with van der Waals surface area (Å²) in [7, 11) is 0. The molecule has 13 heavy (non-hydrogen) atoms. The normalized spacial score (nSPS) is 8.69. The number of benzene rings is 1.